The minimum absolute atomic E-state index is 0.00216. The number of nitrogens with one attached hydrogen (secondary N) is 1. The summed E-state index contributed by atoms with van der Waals surface area (Å²) in [5, 5.41) is 27.8. The van der Waals surface area contributed by atoms with Crippen molar-refractivity contribution in [3.05, 3.63) is 57.9 Å². The van der Waals surface area contributed by atoms with Gasteiger partial charge in [0.15, 0.2) is 5.69 Å². The molecule has 0 amide bonds. The standard InChI is InChI=1S/C23H27N5O6S/c1-5-12-28-21(29)19(14-24)16(4)20(22(28)30)27-26-17-7-9-18(10-8-17)35(32,33)25-11-6-13-34-23(31)15(2)3/h7-10,25,30H,2,5-6,11-13H2,1,3-4H3. The fourth-order valence-corrected chi connectivity index (χ4v) is 4.01. The number of esters is 1. The molecule has 0 radical (unpaired) electrons. The number of rotatable bonds is 11. The van der Waals surface area contributed by atoms with E-state index in [0.717, 1.165) is 4.57 Å². The predicted octanol–water partition coefficient (Wildman–Crippen LogP) is 3.35. The molecule has 35 heavy (non-hydrogen) atoms. The minimum Gasteiger partial charge on any atom is -0.493 e. The number of carbonyl (C=O) groups excluding carboxylic acids is 1. The molecule has 12 heteroatoms. The first-order valence-corrected chi connectivity index (χ1v) is 12.2. The van der Waals surface area contributed by atoms with Crippen molar-refractivity contribution in [1.29, 1.82) is 5.26 Å². The summed E-state index contributed by atoms with van der Waals surface area (Å²) in [7, 11) is -3.79. The summed E-state index contributed by atoms with van der Waals surface area (Å²) in [5.74, 6) is -0.927. The van der Waals surface area contributed by atoms with E-state index in [1.807, 2.05) is 13.0 Å². The third-order valence-corrected chi connectivity index (χ3v) is 6.30. The number of nitriles is 1. The summed E-state index contributed by atoms with van der Waals surface area (Å²) >= 11 is 0. The van der Waals surface area contributed by atoms with Gasteiger partial charge in [0, 0.05) is 24.2 Å². The average molecular weight is 502 g/mol. The van der Waals surface area contributed by atoms with Gasteiger partial charge in [-0.15, -0.1) is 5.11 Å². The summed E-state index contributed by atoms with van der Waals surface area (Å²) in [6, 6.07) is 7.36. The molecule has 2 rings (SSSR count). The SMILES string of the molecule is C=C(C)C(=O)OCCCNS(=O)(=O)c1ccc(N=Nc2c(C)c(C#N)c(=O)n(CCC)c2O)cc1. The summed E-state index contributed by atoms with van der Waals surface area (Å²) in [5.41, 5.74) is 0.0117. The zero-order valence-electron chi connectivity index (χ0n) is 19.7. The van der Waals surface area contributed by atoms with Crippen LogP contribution in [0.3, 0.4) is 0 Å². The van der Waals surface area contributed by atoms with Crippen molar-refractivity contribution in [2.75, 3.05) is 13.2 Å². The van der Waals surface area contributed by atoms with Gasteiger partial charge in [0.25, 0.3) is 5.56 Å². The predicted molar refractivity (Wildman–Crippen MR) is 128 cm³/mol. The molecule has 11 nitrogen and oxygen atoms in total. The quantitative estimate of drug-likeness (QED) is 0.206. The Morgan fingerprint density at radius 2 is 1.94 bits per heavy atom. The Kier molecular flexibility index (Phi) is 9.44. The van der Waals surface area contributed by atoms with Crippen LogP contribution in [0, 0.1) is 18.3 Å². The number of aromatic hydroxyl groups is 1. The molecule has 0 unspecified atom stereocenters. The van der Waals surface area contributed by atoms with Crippen LogP contribution in [0.5, 0.6) is 5.88 Å². The Bertz CT molecular complexity index is 1340. The number of azo groups is 1. The molecule has 0 aliphatic heterocycles. The Labute approximate surface area is 203 Å². The van der Waals surface area contributed by atoms with Crippen LogP contribution in [0.2, 0.25) is 0 Å². The maximum atomic E-state index is 12.4. The molecule has 186 valence electrons. The molecule has 2 aromatic rings. The van der Waals surface area contributed by atoms with Gasteiger partial charge in [0.1, 0.15) is 11.6 Å². The molecule has 0 fully saturated rings. The van der Waals surface area contributed by atoms with Crippen LogP contribution >= 0.6 is 0 Å². The monoisotopic (exact) mass is 501 g/mol. The summed E-state index contributed by atoms with van der Waals surface area (Å²) < 4.78 is 33.3. The van der Waals surface area contributed by atoms with Gasteiger partial charge >= 0.3 is 5.97 Å². The molecule has 0 aliphatic rings. The number of hydrogen-bond acceptors (Lipinski definition) is 9. The fourth-order valence-electron chi connectivity index (χ4n) is 2.94. The minimum atomic E-state index is -3.79. The average Bonchev–Trinajstić information content (AvgIpc) is 2.82. The van der Waals surface area contributed by atoms with E-state index >= 15 is 0 Å². The van der Waals surface area contributed by atoms with E-state index in [0.29, 0.717) is 12.1 Å². The van der Waals surface area contributed by atoms with Crippen molar-refractivity contribution in [2.24, 2.45) is 10.2 Å². The van der Waals surface area contributed by atoms with Crippen LogP contribution in [0.25, 0.3) is 0 Å². The molecule has 0 atom stereocenters. The smallest absolute Gasteiger partial charge is 0.333 e. The molecule has 1 aromatic heterocycles. The van der Waals surface area contributed by atoms with Gasteiger partial charge in [-0.05, 0) is 51.0 Å². The van der Waals surface area contributed by atoms with Crippen LogP contribution in [0.1, 0.15) is 37.8 Å². The van der Waals surface area contributed by atoms with E-state index in [1.54, 1.807) is 0 Å². The Balaban J connectivity index is 2.14. The molecule has 2 N–H and O–H groups in total. The molecule has 0 saturated carbocycles. The van der Waals surface area contributed by atoms with E-state index in [2.05, 4.69) is 21.5 Å². The summed E-state index contributed by atoms with van der Waals surface area (Å²) in [4.78, 5) is 23.7. The first-order chi connectivity index (χ1) is 16.5. The lowest BCUT2D eigenvalue weighted by molar-refractivity contribution is -0.138. The number of hydrogen-bond donors (Lipinski definition) is 2. The van der Waals surface area contributed by atoms with Crippen molar-refractivity contribution < 1.29 is 23.1 Å². The van der Waals surface area contributed by atoms with Crippen molar-refractivity contribution >= 4 is 27.4 Å². The number of benzene rings is 1. The van der Waals surface area contributed by atoms with Crippen LogP contribution in [0.15, 0.2) is 56.3 Å². The first-order valence-electron chi connectivity index (χ1n) is 10.7. The van der Waals surface area contributed by atoms with E-state index in [4.69, 9.17) is 4.74 Å². The third kappa shape index (κ3) is 6.84. The highest BCUT2D eigenvalue weighted by atomic mass is 32.2. The van der Waals surface area contributed by atoms with Gasteiger partial charge in [0.2, 0.25) is 15.9 Å². The summed E-state index contributed by atoms with van der Waals surface area (Å²) in [6.07, 6.45) is 0.847. The van der Waals surface area contributed by atoms with Crippen LogP contribution in [-0.2, 0) is 26.1 Å². The number of carbonyl (C=O) groups is 1. The highest BCUT2D eigenvalue weighted by Crippen LogP contribution is 2.32. The van der Waals surface area contributed by atoms with Gasteiger partial charge in [-0.3, -0.25) is 9.36 Å². The lowest BCUT2D eigenvalue weighted by Gasteiger charge is -2.12. The largest absolute Gasteiger partial charge is 0.493 e. The van der Waals surface area contributed by atoms with E-state index in [-0.39, 0.29) is 53.4 Å². The van der Waals surface area contributed by atoms with Crippen LogP contribution in [0.4, 0.5) is 11.4 Å². The highest BCUT2D eigenvalue weighted by molar-refractivity contribution is 7.89. The fraction of sp³-hybridized carbons (Fsp3) is 0.348. The normalized spacial score (nSPS) is 11.4. The van der Waals surface area contributed by atoms with Gasteiger partial charge in [-0.25, -0.2) is 17.9 Å². The zero-order valence-corrected chi connectivity index (χ0v) is 20.6. The van der Waals surface area contributed by atoms with Crippen LogP contribution < -0.4 is 10.3 Å². The highest BCUT2D eigenvalue weighted by Gasteiger charge is 2.19. The number of sulfonamides is 1. The molecule has 0 saturated heterocycles. The molecular formula is C23H27N5O6S. The van der Waals surface area contributed by atoms with Crippen molar-refractivity contribution in [3.8, 4) is 11.9 Å². The molecule has 0 spiro atoms. The number of pyridine rings is 1. The van der Waals surface area contributed by atoms with E-state index < -0.39 is 27.4 Å². The van der Waals surface area contributed by atoms with Crippen molar-refractivity contribution in [2.45, 2.75) is 45.1 Å². The van der Waals surface area contributed by atoms with Gasteiger partial charge in [-0.1, -0.05) is 13.5 Å². The van der Waals surface area contributed by atoms with Gasteiger partial charge < -0.3 is 9.84 Å². The van der Waals surface area contributed by atoms with Gasteiger partial charge in [0.05, 0.1) is 17.2 Å². The number of aromatic nitrogens is 1. The first kappa shape index (κ1) is 27.4. The van der Waals surface area contributed by atoms with Crippen molar-refractivity contribution in [1.82, 2.24) is 9.29 Å². The molecule has 1 aromatic carbocycles. The Morgan fingerprint density at radius 3 is 2.51 bits per heavy atom. The third-order valence-electron chi connectivity index (χ3n) is 4.82. The molecular weight excluding hydrogens is 474 g/mol. The number of nitrogens with zero attached hydrogens (tertiary/aromatic N) is 4. The zero-order chi connectivity index (χ0) is 26.2. The maximum Gasteiger partial charge on any atom is 0.333 e. The lowest BCUT2D eigenvalue weighted by atomic mass is 10.1. The van der Waals surface area contributed by atoms with Crippen LogP contribution in [-0.4, -0.2) is 37.2 Å². The Morgan fingerprint density at radius 1 is 1.29 bits per heavy atom. The topological polar surface area (TPSA) is 163 Å². The second kappa shape index (κ2) is 12.0. The second-order valence-corrected chi connectivity index (χ2v) is 9.37. The molecule has 1 heterocycles. The van der Waals surface area contributed by atoms with E-state index in [1.165, 1.54) is 38.1 Å². The lowest BCUT2D eigenvalue weighted by Crippen LogP contribution is -2.25. The maximum absolute atomic E-state index is 12.4. The Hall–Kier alpha value is -3.82. The molecule has 0 bridgehead atoms. The summed E-state index contributed by atoms with van der Waals surface area (Å²) in [6.45, 7) is 8.63. The second-order valence-electron chi connectivity index (χ2n) is 7.60. The van der Waals surface area contributed by atoms with Gasteiger partial charge in [-0.2, -0.15) is 10.4 Å². The number of ether oxygens (including phenoxy) is 1. The van der Waals surface area contributed by atoms with Crippen molar-refractivity contribution in [3.63, 3.8) is 0 Å². The van der Waals surface area contributed by atoms with E-state index in [9.17, 15) is 28.4 Å². The molecule has 0 aliphatic carbocycles.